The van der Waals surface area contributed by atoms with E-state index in [1.54, 1.807) is 0 Å². The van der Waals surface area contributed by atoms with Crippen LogP contribution in [0.3, 0.4) is 0 Å². The van der Waals surface area contributed by atoms with E-state index in [9.17, 15) is 9.59 Å². The lowest BCUT2D eigenvalue weighted by Gasteiger charge is -2.20. The van der Waals surface area contributed by atoms with Gasteiger partial charge < -0.3 is 16.4 Å². The maximum atomic E-state index is 11.9. The Morgan fingerprint density at radius 1 is 1.32 bits per heavy atom. The van der Waals surface area contributed by atoms with E-state index in [0.717, 1.165) is 4.88 Å². The SMILES string of the molecule is CC(C)[C@H](C)NC(=O)C[C@H](NC(N)=O)c1cccs1. The Kier molecular flexibility index (Phi) is 5.82. The molecular formula is C13H21N3O2S. The second-order valence-corrected chi connectivity index (χ2v) is 5.86. The molecule has 106 valence electrons. The van der Waals surface area contributed by atoms with E-state index in [1.807, 2.05) is 38.3 Å². The minimum Gasteiger partial charge on any atom is -0.353 e. The second-order valence-electron chi connectivity index (χ2n) is 4.88. The minimum atomic E-state index is -0.622. The summed E-state index contributed by atoms with van der Waals surface area (Å²) in [4.78, 5) is 23.9. The van der Waals surface area contributed by atoms with E-state index in [0.29, 0.717) is 5.92 Å². The van der Waals surface area contributed by atoms with Crippen LogP contribution >= 0.6 is 11.3 Å². The lowest BCUT2D eigenvalue weighted by atomic mass is 10.1. The number of primary amides is 1. The quantitative estimate of drug-likeness (QED) is 0.746. The van der Waals surface area contributed by atoms with E-state index < -0.39 is 6.03 Å². The van der Waals surface area contributed by atoms with Crippen molar-refractivity contribution in [3.8, 4) is 0 Å². The second kappa shape index (κ2) is 7.13. The maximum Gasteiger partial charge on any atom is 0.312 e. The summed E-state index contributed by atoms with van der Waals surface area (Å²) in [6, 6.07) is 2.87. The van der Waals surface area contributed by atoms with Crippen LogP contribution in [0.5, 0.6) is 0 Å². The zero-order valence-corrected chi connectivity index (χ0v) is 12.3. The number of carbonyl (C=O) groups excluding carboxylic acids is 2. The standard InChI is InChI=1S/C13H21N3O2S/c1-8(2)9(3)15-12(17)7-10(16-13(14)18)11-5-4-6-19-11/h4-6,8-10H,7H2,1-3H3,(H,15,17)(H3,14,16,18)/t9-,10-/m0/s1. The lowest BCUT2D eigenvalue weighted by molar-refractivity contribution is -0.122. The monoisotopic (exact) mass is 283 g/mol. The van der Waals surface area contributed by atoms with Gasteiger partial charge in [0.2, 0.25) is 5.91 Å². The zero-order chi connectivity index (χ0) is 14.4. The highest BCUT2D eigenvalue weighted by Crippen LogP contribution is 2.22. The van der Waals surface area contributed by atoms with Gasteiger partial charge in [0.25, 0.3) is 0 Å². The molecule has 2 atom stereocenters. The molecule has 0 aliphatic rings. The van der Waals surface area contributed by atoms with Gasteiger partial charge in [-0.3, -0.25) is 4.79 Å². The van der Waals surface area contributed by atoms with Crippen molar-refractivity contribution < 1.29 is 9.59 Å². The number of thiophene rings is 1. The highest BCUT2D eigenvalue weighted by atomic mass is 32.1. The fourth-order valence-corrected chi connectivity index (χ4v) is 2.33. The highest BCUT2D eigenvalue weighted by Gasteiger charge is 2.19. The van der Waals surface area contributed by atoms with E-state index in [-0.39, 0.29) is 24.4 Å². The molecule has 0 aliphatic heterocycles. The van der Waals surface area contributed by atoms with Gasteiger partial charge in [-0.05, 0) is 24.3 Å². The number of hydrogen-bond donors (Lipinski definition) is 3. The molecule has 0 spiro atoms. The first kappa shape index (κ1) is 15.5. The van der Waals surface area contributed by atoms with E-state index in [1.165, 1.54) is 11.3 Å². The summed E-state index contributed by atoms with van der Waals surface area (Å²) < 4.78 is 0. The van der Waals surface area contributed by atoms with Crippen LogP contribution in [0, 0.1) is 5.92 Å². The first-order valence-electron chi connectivity index (χ1n) is 6.29. The molecule has 1 rings (SSSR count). The Balaban J connectivity index is 2.63. The van der Waals surface area contributed by atoms with Crippen LogP contribution in [-0.4, -0.2) is 18.0 Å². The molecule has 4 N–H and O–H groups in total. The van der Waals surface area contributed by atoms with E-state index >= 15 is 0 Å². The van der Waals surface area contributed by atoms with Gasteiger partial charge in [0, 0.05) is 10.9 Å². The maximum absolute atomic E-state index is 11.9. The van der Waals surface area contributed by atoms with Gasteiger partial charge in [-0.25, -0.2) is 4.79 Å². The molecule has 0 fully saturated rings. The number of amides is 3. The Morgan fingerprint density at radius 3 is 2.47 bits per heavy atom. The lowest BCUT2D eigenvalue weighted by Crippen LogP contribution is -2.40. The number of urea groups is 1. The molecule has 3 amide bonds. The van der Waals surface area contributed by atoms with Crippen LogP contribution in [0.25, 0.3) is 0 Å². The summed E-state index contributed by atoms with van der Waals surface area (Å²) in [5.74, 6) is 0.279. The normalized spacial score (nSPS) is 13.9. The molecule has 0 aliphatic carbocycles. The van der Waals surface area contributed by atoms with Crippen molar-refractivity contribution in [1.29, 1.82) is 0 Å². The molecule has 1 aromatic heterocycles. The zero-order valence-electron chi connectivity index (χ0n) is 11.5. The molecule has 0 unspecified atom stereocenters. The van der Waals surface area contributed by atoms with Crippen LogP contribution in [0.4, 0.5) is 4.79 Å². The van der Waals surface area contributed by atoms with Gasteiger partial charge in [0.15, 0.2) is 0 Å². The van der Waals surface area contributed by atoms with Crippen LogP contribution in [0.2, 0.25) is 0 Å². The van der Waals surface area contributed by atoms with E-state index in [4.69, 9.17) is 5.73 Å². The molecule has 0 saturated heterocycles. The van der Waals surface area contributed by atoms with Gasteiger partial charge in [0.05, 0.1) is 12.5 Å². The van der Waals surface area contributed by atoms with E-state index in [2.05, 4.69) is 10.6 Å². The first-order chi connectivity index (χ1) is 8.90. The van der Waals surface area contributed by atoms with Crippen LogP contribution in [-0.2, 0) is 4.79 Å². The van der Waals surface area contributed by atoms with Crippen molar-refractivity contribution in [3.63, 3.8) is 0 Å². The van der Waals surface area contributed by atoms with Gasteiger partial charge in [-0.2, -0.15) is 0 Å². The number of nitrogens with one attached hydrogen (secondary N) is 2. The third-order valence-corrected chi connectivity index (χ3v) is 3.97. The smallest absolute Gasteiger partial charge is 0.312 e. The fourth-order valence-electron chi connectivity index (χ4n) is 1.55. The van der Waals surface area contributed by atoms with Crippen molar-refractivity contribution in [2.24, 2.45) is 11.7 Å². The largest absolute Gasteiger partial charge is 0.353 e. The summed E-state index contributed by atoms with van der Waals surface area (Å²) in [6.45, 7) is 6.05. The molecule has 0 saturated carbocycles. The third-order valence-electron chi connectivity index (χ3n) is 2.98. The van der Waals surface area contributed by atoms with Crippen molar-refractivity contribution in [2.75, 3.05) is 0 Å². The minimum absolute atomic E-state index is 0.0895. The van der Waals surface area contributed by atoms with Crippen LogP contribution < -0.4 is 16.4 Å². The summed E-state index contributed by atoms with van der Waals surface area (Å²) >= 11 is 1.49. The predicted octanol–water partition coefficient (Wildman–Crippen LogP) is 2.01. The summed E-state index contributed by atoms with van der Waals surface area (Å²) in [5, 5.41) is 7.43. The van der Waals surface area contributed by atoms with Crippen molar-refractivity contribution in [1.82, 2.24) is 10.6 Å². The Morgan fingerprint density at radius 2 is 2.00 bits per heavy atom. The number of hydrogen-bond acceptors (Lipinski definition) is 3. The molecule has 0 bridgehead atoms. The van der Waals surface area contributed by atoms with Crippen LogP contribution in [0.15, 0.2) is 17.5 Å². The van der Waals surface area contributed by atoms with Crippen molar-refractivity contribution in [3.05, 3.63) is 22.4 Å². The topological polar surface area (TPSA) is 84.2 Å². The average Bonchev–Trinajstić information content (AvgIpc) is 2.80. The molecular weight excluding hydrogens is 262 g/mol. The van der Waals surface area contributed by atoms with Gasteiger partial charge in [-0.15, -0.1) is 11.3 Å². The highest BCUT2D eigenvalue weighted by molar-refractivity contribution is 7.10. The molecule has 19 heavy (non-hydrogen) atoms. The Hall–Kier alpha value is -1.56. The number of nitrogens with two attached hydrogens (primary N) is 1. The molecule has 0 radical (unpaired) electrons. The summed E-state index contributed by atoms with van der Waals surface area (Å²) in [5.41, 5.74) is 5.15. The molecule has 1 aromatic rings. The predicted molar refractivity (Wildman–Crippen MR) is 76.8 cm³/mol. The molecule has 6 heteroatoms. The first-order valence-corrected chi connectivity index (χ1v) is 7.16. The average molecular weight is 283 g/mol. The van der Waals surface area contributed by atoms with Gasteiger partial charge in [-0.1, -0.05) is 19.9 Å². The Labute approximate surface area is 117 Å². The van der Waals surface area contributed by atoms with Crippen LogP contribution in [0.1, 0.15) is 38.1 Å². The van der Waals surface area contributed by atoms with Gasteiger partial charge in [0.1, 0.15) is 0 Å². The molecule has 1 heterocycles. The molecule has 5 nitrogen and oxygen atoms in total. The fraction of sp³-hybridized carbons (Fsp3) is 0.538. The van der Waals surface area contributed by atoms with Crippen molar-refractivity contribution >= 4 is 23.3 Å². The van der Waals surface area contributed by atoms with Gasteiger partial charge >= 0.3 is 6.03 Å². The summed E-state index contributed by atoms with van der Waals surface area (Å²) in [7, 11) is 0. The number of carbonyl (C=O) groups is 2. The summed E-state index contributed by atoms with van der Waals surface area (Å²) in [6.07, 6.45) is 0.195. The molecule has 0 aromatic carbocycles. The Bertz CT molecular complexity index is 418. The number of rotatable bonds is 6. The third kappa shape index (κ3) is 5.30. The van der Waals surface area contributed by atoms with Crippen molar-refractivity contribution in [2.45, 2.75) is 39.3 Å².